The molecule has 24 heavy (non-hydrogen) atoms. The van der Waals surface area contributed by atoms with Crippen LogP contribution in [0.4, 0.5) is 5.69 Å². The van der Waals surface area contributed by atoms with Gasteiger partial charge in [-0.2, -0.15) is 10.2 Å². The summed E-state index contributed by atoms with van der Waals surface area (Å²) in [6, 6.07) is 12.8. The Kier molecular flexibility index (Phi) is 5.92. The van der Waals surface area contributed by atoms with Gasteiger partial charge in [0.1, 0.15) is 0 Å². The van der Waals surface area contributed by atoms with Crippen molar-refractivity contribution in [3.8, 4) is 0 Å². The highest BCUT2D eigenvalue weighted by Gasteiger charge is 2.33. The van der Waals surface area contributed by atoms with Gasteiger partial charge >= 0.3 is 5.97 Å². The largest absolute Gasteiger partial charge is 0.463 e. The minimum atomic E-state index is -1.61. The average molecular weight is 345 g/mol. The van der Waals surface area contributed by atoms with Gasteiger partial charge in [-0.1, -0.05) is 29.8 Å². The van der Waals surface area contributed by atoms with Crippen molar-refractivity contribution in [3.05, 3.63) is 65.2 Å². The minimum Gasteiger partial charge on any atom is -0.463 e. The number of ether oxygens (including phenoxy) is 1. The van der Waals surface area contributed by atoms with Crippen LogP contribution in [0.2, 0.25) is 5.02 Å². The first-order chi connectivity index (χ1) is 11.5. The Morgan fingerprint density at radius 2 is 1.62 bits per heavy atom. The molecule has 0 N–H and O–H groups in total. The summed E-state index contributed by atoms with van der Waals surface area (Å²) in [6.45, 7) is 0. The number of rotatable bonds is 6. The number of halogens is 1. The molecule has 0 saturated heterocycles. The van der Waals surface area contributed by atoms with Crippen molar-refractivity contribution < 1.29 is 19.1 Å². The molecule has 0 aliphatic carbocycles. The molecule has 0 amide bonds. The first-order valence-corrected chi connectivity index (χ1v) is 7.28. The van der Waals surface area contributed by atoms with Crippen molar-refractivity contribution in [2.45, 2.75) is 6.04 Å². The topological polar surface area (TPSA) is 85.2 Å². The Balaban J connectivity index is 2.33. The highest BCUT2D eigenvalue weighted by atomic mass is 35.5. The number of hydrogen-bond donors (Lipinski definition) is 0. The number of esters is 1. The van der Waals surface area contributed by atoms with E-state index in [1.54, 1.807) is 30.3 Å². The molecule has 0 aliphatic rings. The van der Waals surface area contributed by atoms with Crippen molar-refractivity contribution in [3.63, 3.8) is 0 Å². The maximum absolute atomic E-state index is 12.5. The molecule has 1 unspecified atom stereocenters. The Bertz CT molecular complexity index is 773. The number of ketones is 2. The molecular weight excluding hydrogens is 332 g/mol. The van der Waals surface area contributed by atoms with Crippen molar-refractivity contribution in [1.29, 1.82) is 0 Å². The Hall–Kier alpha value is -2.86. The summed E-state index contributed by atoms with van der Waals surface area (Å²) >= 11 is 5.78. The third-order valence-corrected chi connectivity index (χ3v) is 3.31. The number of carbonyl (C=O) groups excluding carboxylic acids is 3. The van der Waals surface area contributed by atoms with Crippen LogP contribution < -0.4 is 0 Å². The van der Waals surface area contributed by atoms with E-state index in [-0.39, 0.29) is 5.56 Å². The number of methoxy groups -OCH3 is 1. The lowest BCUT2D eigenvalue weighted by molar-refractivity contribution is -0.151. The second-order valence-corrected chi connectivity index (χ2v) is 5.12. The summed E-state index contributed by atoms with van der Waals surface area (Å²) in [5.41, 5.74) is 0.637. The third-order valence-electron chi connectivity index (χ3n) is 3.06. The second-order valence-electron chi connectivity index (χ2n) is 4.68. The fraction of sp³-hybridized carbons (Fsp3) is 0.118. The van der Waals surface area contributed by atoms with E-state index in [1.807, 2.05) is 0 Å². The molecule has 0 aromatic heterocycles. The zero-order valence-corrected chi connectivity index (χ0v) is 13.4. The first-order valence-electron chi connectivity index (χ1n) is 6.90. The van der Waals surface area contributed by atoms with E-state index in [0.717, 1.165) is 7.11 Å². The van der Waals surface area contributed by atoms with E-state index in [4.69, 9.17) is 11.6 Å². The number of carbonyl (C=O) groups is 3. The van der Waals surface area contributed by atoms with Crippen molar-refractivity contribution >= 4 is 34.8 Å². The number of benzene rings is 2. The highest BCUT2D eigenvalue weighted by molar-refractivity contribution is 6.41. The van der Waals surface area contributed by atoms with E-state index in [0.29, 0.717) is 10.7 Å². The Morgan fingerprint density at radius 3 is 2.21 bits per heavy atom. The van der Waals surface area contributed by atoms with Gasteiger partial charge in [0.15, 0.2) is 5.78 Å². The molecule has 2 aromatic rings. The Morgan fingerprint density at radius 1 is 1.00 bits per heavy atom. The molecule has 7 heteroatoms. The lowest BCUT2D eigenvalue weighted by Crippen LogP contribution is -2.34. The maximum Gasteiger partial charge on any atom is 0.377 e. The van der Waals surface area contributed by atoms with E-state index in [1.165, 1.54) is 24.3 Å². The first kappa shape index (κ1) is 17.5. The molecule has 0 aliphatic heterocycles. The van der Waals surface area contributed by atoms with E-state index in [9.17, 15) is 14.4 Å². The molecule has 1 atom stereocenters. The van der Waals surface area contributed by atoms with Crippen LogP contribution in [0.5, 0.6) is 0 Å². The molecule has 0 fully saturated rings. The molecule has 0 bridgehead atoms. The van der Waals surface area contributed by atoms with Crippen LogP contribution in [0, 0.1) is 0 Å². The van der Waals surface area contributed by atoms with Crippen molar-refractivity contribution in [2.75, 3.05) is 7.11 Å². The Labute approximate surface area is 143 Å². The van der Waals surface area contributed by atoms with Crippen LogP contribution >= 0.6 is 11.6 Å². The summed E-state index contributed by atoms with van der Waals surface area (Å²) < 4.78 is 4.39. The summed E-state index contributed by atoms with van der Waals surface area (Å²) in [6.07, 6.45) is 0. The number of azo groups is 1. The quantitative estimate of drug-likeness (QED) is 0.264. The van der Waals surface area contributed by atoms with Gasteiger partial charge in [-0.3, -0.25) is 9.59 Å². The number of nitrogens with zero attached hydrogens (tertiary/aromatic N) is 2. The molecule has 0 spiro atoms. The van der Waals surface area contributed by atoms with Gasteiger partial charge < -0.3 is 4.74 Å². The van der Waals surface area contributed by atoms with Gasteiger partial charge in [-0.05, 0) is 36.4 Å². The van der Waals surface area contributed by atoms with Gasteiger partial charge in [0, 0.05) is 10.6 Å². The van der Waals surface area contributed by atoms with Gasteiger partial charge in [0.05, 0.1) is 12.8 Å². The van der Waals surface area contributed by atoms with Crippen molar-refractivity contribution in [2.24, 2.45) is 10.2 Å². The maximum atomic E-state index is 12.5. The van der Waals surface area contributed by atoms with Crippen LogP contribution in [-0.2, 0) is 14.3 Å². The molecule has 122 valence electrons. The fourth-order valence-electron chi connectivity index (χ4n) is 1.83. The lowest BCUT2D eigenvalue weighted by Gasteiger charge is -2.08. The predicted molar refractivity (Wildman–Crippen MR) is 87.6 cm³/mol. The molecule has 6 nitrogen and oxygen atoms in total. The van der Waals surface area contributed by atoms with Crippen LogP contribution in [-0.4, -0.2) is 30.7 Å². The smallest absolute Gasteiger partial charge is 0.377 e. The number of hydrogen-bond acceptors (Lipinski definition) is 6. The minimum absolute atomic E-state index is 0.189. The molecule has 0 radical (unpaired) electrons. The van der Waals surface area contributed by atoms with Gasteiger partial charge in [0.2, 0.25) is 6.04 Å². The summed E-state index contributed by atoms with van der Waals surface area (Å²) in [7, 11) is 1.05. The molecule has 2 rings (SSSR count). The van der Waals surface area contributed by atoms with E-state index < -0.39 is 23.6 Å². The highest BCUT2D eigenvalue weighted by Crippen LogP contribution is 2.16. The zero-order chi connectivity index (χ0) is 17.5. The summed E-state index contributed by atoms with van der Waals surface area (Å²) in [4.78, 5) is 36.1. The predicted octanol–water partition coefficient (Wildman–Crippen LogP) is 3.42. The van der Waals surface area contributed by atoms with Gasteiger partial charge in [-0.15, -0.1) is 0 Å². The molecule has 0 saturated carbocycles. The normalized spacial score (nSPS) is 11.9. The molecule has 2 aromatic carbocycles. The van der Waals surface area contributed by atoms with E-state index >= 15 is 0 Å². The zero-order valence-electron chi connectivity index (χ0n) is 12.7. The average Bonchev–Trinajstić information content (AvgIpc) is 2.62. The lowest BCUT2D eigenvalue weighted by atomic mass is 10.0. The van der Waals surface area contributed by atoms with Crippen LogP contribution in [0.1, 0.15) is 10.4 Å². The van der Waals surface area contributed by atoms with Crippen molar-refractivity contribution in [1.82, 2.24) is 0 Å². The summed E-state index contributed by atoms with van der Waals surface area (Å²) in [5.74, 6) is -2.91. The SMILES string of the molecule is COC(=O)C(=O)C(N=Nc1ccccc1)C(=O)c1ccc(Cl)cc1. The van der Waals surface area contributed by atoms with Gasteiger partial charge in [-0.25, -0.2) is 4.79 Å². The second kappa shape index (κ2) is 8.12. The van der Waals surface area contributed by atoms with Crippen LogP contribution in [0.25, 0.3) is 0 Å². The summed E-state index contributed by atoms with van der Waals surface area (Å²) in [5, 5.41) is 8.05. The molecular formula is C17H13ClN2O4. The van der Waals surface area contributed by atoms with E-state index in [2.05, 4.69) is 15.0 Å². The molecule has 0 heterocycles. The fourth-order valence-corrected chi connectivity index (χ4v) is 1.95. The van der Waals surface area contributed by atoms with Crippen LogP contribution in [0.15, 0.2) is 64.8 Å². The van der Waals surface area contributed by atoms with Crippen LogP contribution in [0.3, 0.4) is 0 Å². The third kappa shape index (κ3) is 4.33. The van der Waals surface area contributed by atoms with Gasteiger partial charge in [0.25, 0.3) is 5.78 Å². The monoisotopic (exact) mass is 344 g/mol. The standard InChI is InChI=1S/C17H13ClN2O4/c1-24-17(23)16(22)14(20-19-13-5-3-2-4-6-13)15(21)11-7-9-12(18)10-8-11/h2-10,14H,1H3. The number of Topliss-reactive ketones (excluding diaryl/α,β-unsaturated/α-hetero) is 2.